The molecule has 0 unspecified atom stereocenters. The average molecular weight is 526 g/mol. The second kappa shape index (κ2) is 12.7. The van der Waals surface area contributed by atoms with Gasteiger partial charge in [-0.15, -0.1) is 0 Å². The summed E-state index contributed by atoms with van der Waals surface area (Å²) in [6.07, 6.45) is 0. The number of carbonyl (C=O) groups excluding carboxylic acids is 1. The predicted molar refractivity (Wildman–Crippen MR) is 149 cm³/mol. The minimum atomic E-state index is -1.14. The maximum Gasteiger partial charge on any atom is 0.274 e. The van der Waals surface area contributed by atoms with Crippen LogP contribution in [0.3, 0.4) is 0 Å². The molecule has 0 spiro atoms. The van der Waals surface area contributed by atoms with Crippen molar-refractivity contribution in [1.82, 2.24) is 25.1 Å². The number of nitrogens with one attached hydrogen (secondary N) is 1. The first-order valence-electron chi connectivity index (χ1n) is 13.8. The van der Waals surface area contributed by atoms with Crippen molar-refractivity contribution in [3.05, 3.63) is 70.8 Å². The third-order valence-corrected chi connectivity index (χ3v) is 7.73. The second-order valence-corrected chi connectivity index (χ2v) is 11.8. The molecule has 7 nitrogen and oxygen atoms in total. The summed E-state index contributed by atoms with van der Waals surface area (Å²) in [6.45, 7) is 17.0. The fourth-order valence-electron chi connectivity index (χ4n) is 5.92. The van der Waals surface area contributed by atoms with E-state index in [1.165, 1.54) is 11.1 Å². The molecule has 0 aromatic heterocycles. The maximum atomic E-state index is 14.0. The summed E-state index contributed by atoms with van der Waals surface area (Å²) in [4.78, 5) is 21.4. The number of halogens is 1. The lowest BCUT2D eigenvalue weighted by atomic mass is 10.0. The number of benzene rings is 2. The highest BCUT2D eigenvalue weighted by Gasteiger charge is 2.29. The lowest BCUT2D eigenvalue weighted by molar-refractivity contribution is 0.0290. The molecule has 2 saturated heterocycles. The van der Waals surface area contributed by atoms with E-state index >= 15 is 0 Å². The Kier molecular flexibility index (Phi) is 9.54. The fraction of sp³-hybridized carbons (Fsp3) is 0.567. The molecule has 0 saturated carbocycles. The van der Waals surface area contributed by atoms with Crippen LogP contribution in [0.25, 0.3) is 0 Å². The van der Waals surface area contributed by atoms with E-state index in [1.54, 1.807) is 31.5 Å². The number of hydrogen-bond donors (Lipinski definition) is 2. The van der Waals surface area contributed by atoms with Gasteiger partial charge >= 0.3 is 0 Å². The van der Waals surface area contributed by atoms with E-state index in [0.29, 0.717) is 24.2 Å². The number of nitrogens with zero attached hydrogens (tertiary/aromatic N) is 4. The molecule has 2 heterocycles. The Morgan fingerprint density at radius 3 is 2.00 bits per heavy atom. The number of carbonyl (C=O) groups is 1. The summed E-state index contributed by atoms with van der Waals surface area (Å²) in [5, 5.41) is 8.81. The van der Waals surface area contributed by atoms with E-state index < -0.39 is 11.6 Å². The van der Waals surface area contributed by atoms with Crippen LogP contribution in [0.5, 0.6) is 0 Å². The molecule has 2 N–H and O–H groups in total. The molecule has 2 aliphatic rings. The minimum Gasteiger partial charge on any atom is -0.298 e. The summed E-state index contributed by atoms with van der Waals surface area (Å²) in [5.41, 5.74) is 4.85. The Balaban J connectivity index is 1.28. The summed E-state index contributed by atoms with van der Waals surface area (Å²) < 4.78 is 14.0. The van der Waals surface area contributed by atoms with Crippen LogP contribution >= 0.6 is 0 Å². The first-order valence-corrected chi connectivity index (χ1v) is 13.8. The molecular weight excluding hydrogens is 481 g/mol. The van der Waals surface area contributed by atoms with Crippen LogP contribution in [0.15, 0.2) is 48.5 Å². The van der Waals surface area contributed by atoms with Gasteiger partial charge in [-0.1, -0.05) is 36.4 Å². The molecule has 0 bridgehead atoms. The Bertz CT molecular complexity index is 1040. The molecule has 38 heavy (non-hydrogen) atoms. The van der Waals surface area contributed by atoms with Crippen molar-refractivity contribution < 1.29 is 14.4 Å². The zero-order chi connectivity index (χ0) is 27.3. The molecule has 2 fully saturated rings. The number of piperazine rings is 2. The van der Waals surface area contributed by atoms with E-state index in [9.17, 15) is 9.18 Å². The van der Waals surface area contributed by atoms with E-state index in [-0.39, 0.29) is 0 Å². The van der Waals surface area contributed by atoms with Crippen LogP contribution in [-0.4, -0.2) is 94.3 Å². The number of amides is 1. The van der Waals surface area contributed by atoms with Gasteiger partial charge in [-0.25, -0.2) is 9.87 Å². The standard InChI is InChI=1S/C30H44FN5O2/c1-23-17-35(19-25-8-10-28(11-9-25)29(37)32-38)18-24(2)36(23)21-27-7-5-6-26(16-27)20-33-12-14-34(15-13-33)22-30(3,4)31/h5-11,16,23-24,38H,12-15,17-22H2,1-4H3,(H,32,37)/t23-,24+. The number of alkyl halides is 1. The van der Waals surface area contributed by atoms with Crippen LogP contribution in [0, 0.1) is 0 Å². The SMILES string of the molecule is C[C@@H]1CN(Cc2ccc(C(=O)NO)cc2)C[C@H](C)N1Cc1cccc(CN2CCN(CC(C)(C)F)CC2)c1. The van der Waals surface area contributed by atoms with Crippen molar-refractivity contribution in [2.45, 2.75) is 65.1 Å². The molecule has 1 amide bonds. The molecule has 2 atom stereocenters. The highest BCUT2D eigenvalue weighted by atomic mass is 19.1. The Hall–Kier alpha value is -2.36. The molecule has 8 heteroatoms. The van der Waals surface area contributed by atoms with Gasteiger partial charge in [0.05, 0.1) is 0 Å². The Morgan fingerprint density at radius 1 is 0.868 bits per heavy atom. The summed E-state index contributed by atoms with van der Waals surface area (Å²) in [5.74, 6) is -0.489. The minimum absolute atomic E-state index is 0.426. The highest BCUT2D eigenvalue weighted by Crippen LogP contribution is 2.22. The van der Waals surface area contributed by atoms with Crippen LogP contribution < -0.4 is 5.48 Å². The van der Waals surface area contributed by atoms with Gasteiger partial charge in [0.2, 0.25) is 0 Å². The van der Waals surface area contributed by atoms with Crippen molar-refractivity contribution in [3.63, 3.8) is 0 Å². The highest BCUT2D eigenvalue weighted by molar-refractivity contribution is 5.93. The second-order valence-electron chi connectivity index (χ2n) is 11.8. The summed E-state index contributed by atoms with van der Waals surface area (Å²) in [6, 6.07) is 17.3. The fourth-order valence-corrected chi connectivity index (χ4v) is 5.92. The molecule has 4 rings (SSSR count). The normalized spacial score (nSPS) is 22.5. The summed E-state index contributed by atoms with van der Waals surface area (Å²) >= 11 is 0. The molecule has 208 valence electrons. The number of hydroxylamine groups is 1. The van der Waals surface area contributed by atoms with Crippen molar-refractivity contribution in [3.8, 4) is 0 Å². The zero-order valence-electron chi connectivity index (χ0n) is 23.4. The molecular formula is C30H44FN5O2. The number of rotatable bonds is 9. The van der Waals surface area contributed by atoms with Gasteiger partial charge in [0.15, 0.2) is 0 Å². The van der Waals surface area contributed by atoms with Gasteiger partial charge < -0.3 is 0 Å². The zero-order valence-corrected chi connectivity index (χ0v) is 23.4. The average Bonchev–Trinajstić information content (AvgIpc) is 2.87. The van der Waals surface area contributed by atoms with Crippen LogP contribution in [0.2, 0.25) is 0 Å². The van der Waals surface area contributed by atoms with Gasteiger partial charge in [-0.05, 0) is 56.5 Å². The van der Waals surface area contributed by atoms with Gasteiger partial charge in [-0.2, -0.15) is 0 Å². The van der Waals surface area contributed by atoms with Crippen molar-refractivity contribution >= 4 is 5.91 Å². The van der Waals surface area contributed by atoms with Crippen LogP contribution in [-0.2, 0) is 19.6 Å². The molecule has 0 radical (unpaired) electrons. The predicted octanol–water partition coefficient (Wildman–Crippen LogP) is 3.77. The topological polar surface area (TPSA) is 62.3 Å². The first kappa shape index (κ1) is 28.6. The largest absolute Gasteiger partial charge is 0.298 e. The van der Waals surface area contributed by atoms with Crippen molar-refractivity contribution in [2.75, 3.05) is 45.8 Å². The lowest BCUT2D eigenvalue weighted by Gasteiger charge is -2.44. The van der Waals surface area contributed by atoms with Gasteiger partial charge in [0, 0.05) is 83.1 Å². The summed E-state index contributed by atoms with van der Waals surface area (Å²) in [7, 11) is 0. The molecule has 2 aromatic rings. The lowest BCUT2D eigenvalue weighted by Crippen LogP contribution is -2.55. The smallest absolute Gasteiger partial charge is 0.274 e. The van der Waals surface area contributed by atoms with Gasteiger partial charge in [-0.3, -0.25) is 29.6 Å². The van der Waals surface area contributed by atoms with E-state index in [2.05, 4.69) is 57.7 Å². The van der Waals surface area contributed by atoms with Crippen molar-refractivity contribution in [1.29, 1.82) is 0 Å². The first-order chi connectivity index (χ1) is 18.1. The maximum absolute atomic E-state index is 14.0. The Labute approximate surface area is 227 Å². The van der Waals surface area contributed by atoms with E-state index in [4.69, 9.17) is 5.21 Å². The molecule has 0 aliphatic carbocycles. The molecule has 2 aromatic carbocycles. The van der Waals surface area contributed by atoms with Crippen LogP contribution in [0.1, 0.15) is 54.7 Å². The Morgan fingerprint density at radius 2 is 1.42 bits per heavy atom. The number of hydrogen-bond acceptors (Lipinski definition) is 6. The third kappa shape index (κ3) is 8.07. The van der Waals surface area contributed by atoms with Gasteiger partial charge in [0.25, 0.3) is 5.91 Å². The van der Waals surface area contributed by atoms with E-state index in [1.807, 2.05) is 12.1 Å². The quantitative estimate of drug-likeness (QED) is 0.384. The van der Waals surface area contributed by atoms with E-state index in [0.717, 1.165) is 64.5 Å². The van der Waals surface area contributed by atoms with Gasteiger partial charge in [0.1, 0.15) is 5.67 Å². The molecule has 2 aliphatic heterocycles. The van der Waals surface area contributed by atoms with Crippen molar-refractivity contribution in [2.24, 2.45) is 0 Å². The monoisotopic (exact) mass is 525 g/mol. The van der Waals surface area contributed by atoms with Crippen LogP contribution in [0.4, 0.5) is 4.39 Å². The third-order valence-electron chi connectivity index (χ3n) is 7.73.